The Morgan fingerprint density at radius 3 is 1.85 bits per heavy atom. The van der Waals surface area contributed by atoms with Crippen molar-refractivity contribution in [3.8, 4) is 0 Å². The highest BCUT2D eigenvalue weighted by Gasteiger charge is 2.16. The van der Waals surface area contributed by atoms with Crippen LogP contribution in [0.4, 0.5) is 0 Å². The molecule has 0 aromatic rings. The molecule has 156 valence electrons. The number of hydrogen-bond donors (Lipinski definition) is 4. The van der Waals surface area contributed by atoms with Crippen molar-refractivity contribution in [1.29, 1.82) is 0 Å². The minimum absolute atomic E-state index is 0.00395. The van der Waals surface area contributed by atoms with Crippen LogP contribution in [0.3, 0.4) is 0 Å². The number of nitrogens with two attached hydrogens (primary N) is 1. The van der Waals surface area contributed by atoms with Crippen LogP contribution in [0.25, 0.3) is 0 Å². The van der Waals surface area contributed by atoms with Crippen molar-refractivity contribution in [2.24, 2.45) is 5.73 Å². The Hall–Kier alpha value is -0.460. The zero-order valence-electron chi connectivity index (χ0n) is 17.0. The maximum Gasteiger partial charge on any atom is 0.180 e. The summed E-state index contributed by atoms with van der Waals surface area (Å²) in [6, 6.07) is -0.614. The fraction of sp³-hybridized carbons (Fsp3) is 0.905. The lowest BCUT2D eigenvalue weighted by molar-refractivity contribution is -0.161. The van der Waals surface area contributed by atoms with Crippen molar-refractivity contribution >= 4 is 0 Å². The summed E-state index contributed by atoms with van der Waals surface area (Å²) in [5.41, 5.74) is 5.79. The standard InChI is InChI=1S/C21H43NO4/c1-3-4-5-6-7-8-9-10-11-12-13-14-15-16-20(24)19(22)17-26-21(25)18(2)23/h15-16,18-21,23-25H,3-14,17,22H2,1-2H3/b16-15+/t18-,19-,20+,21+/m1/s1. The maximum absolute atomic E-state index is 9.91. The highest BCUT2D eigenvalue weighted by atomic mass is 16.6. The summed E-state index contributed by atoms with van der Waals surface area (Å²) in [6.45, 7) is 3.68. The van der Waals surface area contributed by atoms with Crippen molar-refractivity contribution in [3.63, 3.8) is 0 Å². The van der Waals surface area contributed by atoms with Crippen LogP contribution in [-0.4, -0.2) is 46.5 Å². The van der Waals surface area contributed by atoms with E-state index in [-0.39, 0.29) is 6.61 Å². The van der Waals surface area contributed by atoms with Gasteiger partial charge in [0, 0.05) is 0 Å². The van der Waals surface area contributed by atoms with Crippen LogP contribution in [0.5, 0.6) is 0 Å². The zero-order valence-corrected chi connectivity index (χ0v) is 17.0. The average Bonchev–Trinajstić information content (AvgIpc) is 2.62. The Bertz CT molecular complexity index is 323. The van der Waals surface area contributed by atoms with Gasteiger partial charge in [-0.2, -0.15) is 0 Å². The van der Waals surface area contributed by atoms with Crippen LogP contribution in [-0.2, 0) is 4.74 Å². The second-order valence-electron chi connectivity index (χ2n) is 7.37. The van der Waals surface area contributed by atoms with Crippen LogP contribution in [0.1, 0.15) is 90.9 Å². The van der Waals surface area contributed by atoms with Gasteiger partial charge in [0.15, 0.2) is 6.29 Å². The highest BCUT2D eigenvalue weighted by molar-refractivity contribution is 4.93. The smallest absolute Gasteiger partial charge is 0.180 e. The molecule has 0 aliphatic rings. The normalized spacial score (nSPS) is 16.7. The summed E-state index contributed by atoms with van der Waals surface area (Å²) in [5, 5.41) is 28.4. The first-order chi connectivity index (χ1) is 12.5. The Morgan fingerprint density at radius 1 is 0.846 bits per heavy atom. The molecule has 0 heterocycles. The van der Waals surface area contributed by atoms with Crippen LogP contribution in [0, 0.1) is 0 Å². The highest BCUT2D eigenvalue weighted by Crippen LogP contribution is 2.12. The van der Waals surface area contributed by atoms with Crippen molar-refractivity contribution in [2.75, 3.05) is 6.61 Å². The van der Waals surface area contributed by atoms with E-state index in [4.69, 9.17) is 15.6 Å². The van der Waals surface area contributed by atoms with E-state index in [0.29, 0.717) is 0 Å². The minimum atomic E-state index is -1.27. The van der Waals surface area contributed by atoms with Gasteiger partial charge in [0.05, 0.1) is 18.8 Å². The molecule has 5 heteroatoms. The van der Waals surface area contributed by atoms with Crippen molar-refractivity contribution in [2.45, 2.75) is 115 Å². The second kappa shape index (κ2) is 17.9. The Balaban J connectivity index is 3.48. The summed E-state index contributed by atoms with van der Waals surface area (Å²) in [6.07, 6.45) is 16.1. The van der Waals surface area contributed by atoms with E-state index in [9.17, 15) is 10.2 Å². The molecule has 0 radical (unpaired) electrons. The number of aliphatic hydroxyl groups is 3. The number of allylic oxidation sites excluding steroid dienone is 1. The van der Waals surface area contributed by atoms with Gasteiger partial charge in [0.2, 0.25) is 0 Å². The van der Waals surface area contributed by atoms with E-state index in [1.807, 2.05) is 6.08 Å². The van der Waals surface area contributed by atoms with Crippen molar-refractivity contribution in [1.82, 2.24) is 0 Å². The zero-order chi connectivity index (χ0) is 19.6. The summed E-state index contributed by atoms with van der Waals surface area (Å²) in [7, 11) is 0. The third kappa shape index (κ3) is 15.8. The predicted octanol–water partition coefficient (Wildman–Crippen LogP) is 3.65. The molecule has 0 aliphatic heterocycles. The number of ether oxygens (including phenoxy) is 1. The minimum Gasteiger partial charge on any atom is -0.388 e. The molecule has 26 heavy (non-hydrogen) atoms. The van der Waals surface area contributed by atoms with Crippen molar-refractivity contribution < 1.29 is 20.1 Å². The van der Waals surface area contributed by atoms with E-state index in [2.05, 4.69) is 6.92 Å². The molecule has 0 unspecified atom stereocenters. The van der Waals surface area contributed by atoms with E-state index < -0.39 is 24.5 Å². The summed E-state index contributed by atoms with van der Waals surface area (Å²) < 4.78 is 4.99. The summed E-state index contributed by atoms with van der Waals surface area (Å²) in [4.78, 5) is 0. The van der Waals surface area contributed by atoms with Crippen LogP contribution in [0.15, 0.2) is 12.2 Å². The molecule has 0 spiro atoms. The van der Waals surface area contributed by atoms with Gasteiger partial charge >= 0.3 is 0 Å². The van der Waals surface area contributed by atoms with Crippen LogP contribution >= 0.6 is 0 Å². The van der Waals surface area contributed by atoms with Gasteiger partial charge in [0.25, 0.3) is 0 Å². The fourth-order valence-electron chi connectivity index (χ4n) is 2.75. The lowest BCUT2D eigenvalue weighted by atomic mass is 10.0. The van der Waals surface area contributed by atoms with E-state index in [1.54, 1.807) is 6.08 Å². The average molecular weight is 374 g/mol. The number of unbranched alkanes of at least 4 members (excludes halogenated alkanes) is 11. The first-order valence-corrected chi connectivity index (χ1v) is 10.6. The number of rotatable bonds is 18. The molecule has 0 rings (SSSR count). The monoisotopic (exact) mass is 373 g/mol. The van der Waals surface area contributed by atoms with E-state index in [1.165, 1.54) is 71.1 Å². The van der Waals surface area contributed by atoms with E-state index >= 15 is 0 Å². The fourth-order valence-corrected chi connectivity index (χ4v) is 2.75. The third-order valence-corrected chi connectivity index (χ3v) is 4.62. The molecule has 0 aromatic heterocycles. The van der Waals surface area contributed by atoms with Crippen LogP contribution < -0.4 is 5.73 Å². The molecule has 0 saturated heterocycles. The first kappa shape index (κ1) is 25.5. The quantitative estimate of drug-likeness (QED) is 0.167. The molecule has 0 aliphatic carbocycles. The van der Waals surface area contributed by atoms with Gasteiger partial charge in [0.1, 0.15) is 6.10 Å². The predicted molar refractivity (Wildman–Crippen MR) is 108 cm³/mol. The molecule has 0 fully saturated rings. The lowest BCUT2D eigenvalue weighted by Crippen LogP contribution is -2.40. The SMILES string of the molecule is CCCCCCCCCCCCC/C=C/[C@H](O)[C@H](N)CO[C@H](O)[C@@H](C)O. The molecule has 5 N–H and O–H groups in total. The van der Waals surface area contributed by atoms with E-state index in [0.717, 1.165) is 12.8 Å². The molecule has 0 aromatic carbocycles. The van der Waals surface area contributed by atoms with Gasteiger partial charge in [-0.25, -0.2) is 0 Å². The second-order valence-corrected chi connectivity index (χ2v) is 7.37. The van der Waals surface area contributed by atoms with Gasteiger partial charge in [-0.3, -0.25) is 0 Å². The summed E-state index contributed by atoms with van der Waals surface area (Å²) in [5.74, 6) is 0. The number of hydrogen-bond acceptors (Lipinski definition) is 5. The molecule has 5 nitrogen and oxygen atoms in total. The van der Waals surface area contributed by atoms with Crippen LogP contribution in [0.2, 0.25) is 0 Å². The molecule has 4 atom stereocenters. The summed E-state index contributed by atoms with van der Waals surface area (Å²) >= 11 is 0. The molecular weight excluding hydrogens is 330 g/mol. The Kier molecular flexibility index (Phi) is 17.6. The van der Waals surface area contributed by atoms with Gasteiger partial charge in [-0.15, -0.1) is 0 Å². The molecular formula is C21H43NO4. The maximum atomic E-state index is 9.91. The number of aliphatic hydroxyl groups excluding tert-OH is 3. The molecule has 0 bridgehead atoms. The van der Waals surface area contributed by atoms with Gasteiger partial charge < -0.3 is 25.8 Å². The van der Waals surface area contributed by atoms with Gasteiger partial charge in [-0.1, -0.05) is 83.3 Å². The lowest BCUT2D eigenvalue weighted by Gasteiger charge is -2.20. The third-order valence-electron chi connectivity index (χ3n) is 4.62. The molecule has 0 amide bonds. The topological polar surface area (TPSA) is 95.9 Å². The Labute approximate surface area is 160 Å². The molecule has 0 saturated carbocycles. The Morgan fingerprint density at radius 2 is 1.35 bits per heavy atom. The first-order valence-electron chi connectivity index (χ1n) is 10.6. The largest absolute Gasteiger partial charge is 0.388 e. The van der Waals surface area contributed by atoms with Gasteiger partial charge in [-0.05, 0) is 19.8 Å². The van der Waals surface area contributed by atoms with Crippen molar-refractivity contribution in [3.05, 3.63) is 12.2 Å².